The number of halogens is 1. The van der Waals surface area contributed by atoms with Gasteiger partial charge in [0.05, 0.1) is 10.6 Å². The second kappa shape index (κ2) is 7.28. The molecule has 0 aromatic heterocycles. The van der Waals surface area contributed by atoms with Crippen LogP contribution < -0.4 is 5.73 Å². The Balaban J connectivity index is 2.48. The number of rotatable bonds is 7. The normalized spacial score (nSPS) is 13.2. The predicted octanol–water partition coefficient (Wildman–Crippen LogP) is 1.37. The summed E-state index contributed by atoms with van der Waals surface area (Å²) in [5, 5.41) is 8.58. The van der Waals surface area contributed by atoms with Crippen molar-refractivity contribution in [2.45, 2.75) is 10.9 Å². The first-order valence-corrected chi connectivity index (χ1v) is 8.97. The molecule has 106 valence electrons. The summed E-state index contributed by atoms with van der Waals surface area (Å²) in [6.45, 7) is 0. The molecule has 0 amide bonds. The van der Waals surface area contributed by atoms with E-state index in [0.717, 1.165) is 4.47 Å². The van der Waals surface area contributed by atoms with E-state index in [1.165, 1.54) is 23.9 Å². The Labute approximate surface area is 124 Å². The van der Waals surface area contributed by atoms with Crippen LogP contribution in [0.3, 0.4) is 0 Å². The number of hydrogen-bond acceptors (Lipinski definition) is 5. The number of hydrogen-bond donors (Lipinski definition) is 2. The molecule has 1 aromatic carbocycles. The maximum atomic E-state index is 11.9. The Kier molecular flexibility index (Phi) is 6.31. The highest BCUT2D eigenvalue weighted by Crippen LogP contribution is 2.17. The standard InChI is InChI=1S/C11H14BrNO4S2/c12-8-1-3-9(4-2-8)19(16,17)6-5-18-7-10(13)11(14)15/h1-4,10H,5-7,13H2,(H,14,15)/t10-/m1/s1. The highest BCUT2D eigenvalue weighted by Gasteiger charge is 2.15. The molecule has 0 bridgehead atoms. The number of thioether (sulfide) groups is 1. The minimum absolute atomic E-state index is 0.0361. The molecular weight excluding hydrogens is 354 g/mol. The lowest BCUT2D eigenvalue weighted by Crippen LogP contribution is -2.32. The van der Waals surface area contributed by atoms with Gasteiger partial charge in [-0.3, -0.25) is 4.79 Å². The largest absolute Gasteiger partial charge is 0.480 e. The second-order valence-corrected chi connectivity index (χ2v) is 7.97. The third-order valence-corrected chi connectivity index (χ3v) is 5.89. The van der Waals surface area contributed by atoms with E-state index in [1.807, 2.05) is 0 Å². The molecule has 0 saturated carbocycles. The minimum Gasteiger partial charge on any atom is -0.480 e. The van der Waals surface area contributed by atoms with Gasteiger partial charge < -0.3 is 10.8 Å². The monoisotopic (exact) mass is 367 g/mol. The maximum absolute atomic E-state index is 11.9. The number of aliphatic carboxylic acids is 1. The van der Waals surface area contributed by atoms with Crippen molar-refractivity contribution in [3.63, 3.8) is 0 Å². The van der Waals surface area contributed by atoms with Crippen LogP contribution in [0.1, 0.15) is 0 Å². The van der Waals surface area contributed by atoms with Crippen molar-refractivity contribution >= 4 is 43.5 Å². The Morgan fingerprint density at radius 3 is 2.47 bits per heavy atom. The van der Waals surface area contributed by atoms with Gasteiger partial charge in [-0.15, -0.1) is 0 Å². The Hall–Kier alpha value is -0.570. The van der Waals surface area contributed by atoms with Gasteiger partial charge in [-0.25, -0.2) is 8.42 Å². The Bertz CT molecular complexity index is 530. The molecule has 0 aliphatic rings. The molecule has 0 unspecified atom stereocenters. The molecule has 0 fully saturated rings. The van der Waals surface area contributed by atoms with E-state index in [9.17, 15) is 13.2 Å². The molecule has 5 nitrogen and oxygen atoms in total. The fourth-order valence-electron chi connectivity index (χ4n) is 1.21. The van der Waals surface area contributed by atoms with Gasteiger partial charge in [0.25, 0.3) is 0 Å². The fraction of sp³-hybridized carbons (Fsp3) is 0.364. The van der Waals surface area contributed by atoms with Crippen molar-refractivity contribution in [2.75, 3.05) is 17.3 Å². The molecule has 3 N–H and O–H groups in total. The van der Waals surface area contributed by atoms with Crippen LogP contribution in [-0.2, 0) is 14.6 Å². The number of sulfone groups is 1. The molecule has 0 saturated heterocycles. The van der Waals surface area contributed by atoms with E-state index in [-0.39, 0.29) is 16.4 Å². The SMILES string of the molecule is N[C@H](CSCCS(=O)(=O)c1ccc(Br)cc1)C(=O)O. The molecule has 8 heteroatoms. The summed E-state index contributed by atoms with van der Waals surface area (Å²) in [5.74, 6) is -0.598. The van der Waals surface area contributed by atoms with Crippen LogP contribution >= 0.6 is 27.7 Å². The van der Waals surface area contributed by atoms with Crippen LogP contribution in [0.2, 0.25) is 0 Å². The van der Waals surface area contributed by atoms with Gasteiger partial charge in [-0.2, -0.15) is 11.8 Å². The average Bonchev–Trinajstić information content (AvgIpc) is 2.34. The van der Waals surface area contributed by atoms with E-state index in [1.54, 1.807) is 12.1 Å². The van der Waals surface area contributed by atoms with E-state index in [2.05, 4.69) is 15.9 Å². The van der Waals surface area contributed by atoms with E-state index in [4.69, 9.17) is 10.8 Å². The number of carbonyl (C=O) groups is 1. The van der Waals surface area contributed by atoms with Crippen molar-refractivity contribution in [3.05, 3.63) is 28.7 Å². The summed E-state index contributed by atoms with van der Waals surface area (Å²) in [6.07, 6.45) is 0. The zero-order valence-electron chi connectivity index (χ0n) is 9.95. The first-order chi connectivity index (χ1) is 8.83. The summed E-state index contributed by atoms with van der Waals surface area (Å²) in [5.41, 5.74) is 5.32. The van der Waals surface area contributed by atoms with Crippen LogP contribution in [0, 0.1) is 0 Å². The molecule has 1 rings (SSSR count). The third kappa shape index (κ3) is 5.52. The molecule has 19 heavy (non-hydrogen) atoms. The zero-order valence-corrected chi connectivity index (χ0v) is 13.2. The van der Waals surface area contributed by atoms with Gasteiger partial charge in [0, 0.05) is 16.0 Å². The van der Waals surface area contributed by atoms with Gasteiger partial charge in [0.15, 0.2) is 9.84 Å². The van der Waals surface area contributed by atoms with Crippen molar-refractivity contribution < 1.29 is 18.3 Å². The van der Waals surface area contributed by atoms with Crippen LogP contribution in [0.15, 0.2) is 33.6 Å². The number of carboxylic acid groups (broad SMARTS) is 1. The van der Waals surface area contributed by atoms with E-state index < -0.39 is 21.8 Å². The van der Waals surface area contributed by atoms with Gasteiger partial charge in [-0.1, -0.05) is 15.9 Å². The Morgan fingerprint density at radius 1 is 1.37 bits per heavy atom. The number of nitrogens with two attached hydrogens (primary N) is 1. The quantitative estimate of drug-likeness (QED) is 0.706. The average molecular weight is 368 g/mol. The molecule has 0 spiro atoms. The highest BCUT2D eigenvalue weighted by molar-refractivity contribution is 9.10. The Morgan fingerprint density at radius 2 is 1.95 bits per heavy atom. The van der Waals surface area contributed by atoms with Crippen molar-refractivity contribution in [3.8, 4) is 0 Å². The van der Waals surface area contributed by atoms with Gasteiger partial charge in [0.2, 0.25) is 0 Å². The zero-order chi connectivity index (χ0) is 14.5. The topological polar surface area (TPSA) is 97.5 Å². The third-order valence-electron chi connectivity index (χ3n) is 2.28. The lowest BCUT2D eigenvalue weighted by atomic mass is 10.4. The molecular formula is C11H14BrNO4S2. The van der Waals surface area contributed by atoms with Gasteiger partial charge in [0.1, 0.15) is 6.04 Å². The van der Waals surface area contributed by atoms with Crippen LogP contribution in [0.5, 0.6) is 0 Å². The second-order valence-electron chi connectivity index (χ2n) is 3.79. The molecule has 0 aliphatic heterocycles. The lowest BCUT2D eigenvalue weighted by Gasteiger charge is -2.07. The molecule has 0 aliphatic carbocycles. The molecule has 0 radical (unpaired) electrons. The molecule has 1 atom stereocenters. The summed E-state index contributed by atoms with van der Waals surface area (Å²) >= 11 is 4.46. The van der Waals surface area contributed by atoms with Crippen LogP contribution in [0.25, 0.3) is 0 Å². The predicted molar refractivity (Wildman–Crippen MR) is 79.1 cm³/mol. The fourth-order valence-corrected chi connectivity index (χ4v) is 4.17. The van der Waals surface area contributed by atoms with E-state index >= 15 is 0 Å². The maximum Gasteiger partial charge on any atom is 0.321 e. The van der Waals surface area contributed by atoms with Crippen molar-refractivity contribution in [2.24, 2.45) is 5.73 Å². The van der Waals surface area contributed by atoms with Crippen LogP contribution in [0.4, 0.5) is 0 Å². The smallest absolute Gasteiger partial charge is 0.321 e. The number of carboxylic acids is 1. The summed E-state index contributed by atoms with van der Waals surface area (Å²) in [4.78, 5) is 10.7. The summed E-state index contributed by atoms with van der Waals surface area (Å²) in [7, 11) is -3.33. The van der Waals surface area contributed by atoms with Gasteiger partial charge in [-0.05, 0) is 24.3 Å². The molecule has 1 aromatic rings. The van der Waals surface area contributed by atoms with E-state index in [0.29, 0.717) is 5.75 Å². The first-order valence-electron chi connectivity index (χ1n) is 5.37. The highest BCUT2D eigenvalue weighted by atomic mass is 79.9. The van der Waals surface area contributed by atoms with Crippen molar-refractivity contribution in [1.82, 2.24) is 0 Å². The van der Waals surface area contributed by atoms with Gasteiger partial charge >= 0.3 is 5.97 Å². The lowest BCUT2D eigenvalue weighted by molar-refractivity contribution is -0.137. The number of benzene rings is 1. The summed E-state index contributed by atoms with van der Waals surface area (Å²) < 4.78 is 24.7. The summed E-state index contributed by atoms with van der Waals surface area (Å²) in [6, 6.07) is 5.45. The first kappa shape index (κ1) is 16.5. The molecule has 0 heterocycles. The van der Waals surface area contributed by atoms with Crippen LogP contribution in [-0.4, -0.2) is 42.8 Å². The van der Waals surface area contributed by atoms with Crippen molar-refractivity contribution in [1.29, 1.82) is 0 Å². The minimum atomic E-state index is -3.33.